The third-order valence-electron chi connectivity index (χ3n) is 4.77. The molecule has 32 heavy (non-hydrogen) atoms. The number of anilines is 2. The minimum Gasteiger partial charge on any atom is -0.483 e. The van der Waals surface area contributed by atoms with Gasteiger partial charge in [-0.3, -0.25) is 9.59 Å². The normalized spacial score (nSPS) is 10.2. The third-order valence-corrected chi connectivity index (χ3v) is 4.77. The Balaban J connectivity index is 1.60. The maximum absolute atomic E-state index is 12.6. The van der Waals surface area contributed by atoms with E-state index in [1.807, 2.05) is 32.0 Å². The van der Waals surface area contributed by atoms with Gasteiger partial charge in [-0.2, -0.15) is 0 Å². The Morgan fingerprint density at radius 2 is 1.47 bits per heavy atom. The molecule has 0 fully saturated rings. The molecule has 3 rings (SSSR count). The molecule has 3 aromatic carbocycles. The number of ether oxygens (including phenoxy) is 2. The van der Waals surface area contributed by atoms with E-state index in [4.69, 9.17) is 9.47 Å². The lowest BCUT2D eigenvalue weighted by atomic mass is 10.1. The Kier molecular flexibility index (Phi) is 7.23. The van der Waals surface area contributed by atoms with E-state index in [0.717, 1.165) is 11.1 Å². The van der Waals surface area contributed by atoms with Crippen LogP contribution in [-0.4, -0.2) is 31.5 Å². The molecule has 7 heteroatoms. The molecule has 2 N–H and O–H groups in total. The molecule has 0 aliphatic carbocycles. The van der Waals surface area contributed by atoms with Crippen molar-refractivity contribution in [1.82, 2.24) is 0 Å². The number of methoxy groups -OCH3 is 1. The second-order valence-corrected chi connectivity index (χ2v) is 7.13. The van der Waals surface area contributed by atoms with Gasteiger partial charge in [0.1, 0.15) is 5.75 Å². The van der Waals surface area contributed by atoms with Crippen LogP contribution in [0.2, 0.25) is 0 Å². The fourth-order valence-electron chi connectivity index (χ4n) is 3.14. The van der Waals surface area contributed by atoms with Crippen LogP contribution in [0.4, 0.5) is 11.4 Å². The number of para-hydroxylation sites is 2. The third kappa shape index (κ3) is 5.51. The number of carbonyl (C=O) groups excluding carboxylic acids is 3. The molecule has 0 saturated heterocycles. The van der Waals surface area contributed by atoms with Crippen LogP contribution in [0.5, 0.6) is 5.75 Å². The van der Waals surface area contributed by atoms with E-state index in [1.165, 1.54) is 7.11 Å². The summed E-state index contributed by atoms with van der Waals surface area (Å²) in [5, 5.41) is 5.45. The Bertz CT molecular complexity index is 1120. The predicted molar refractivity (Wildman–Crippen MR) is 122 cm³/mol. The maximum atomic E-state index is 12.6. The monoisotopic (exact) mass is 432 g/mol. The minimum atomic E-state index is -0.540. The molecule has 3 aromatic rings. The Labute approximate surface area is 186 Å². The molecule has 0 spiro atoms. The van der Waals surface area contributed by atoms with Gasteiger partial charge >= 0.3 is 5.97 Å². The first-order valence-electron chi connectivity index (χ1n) is 9.96. The van der Waals surface area contributed by atoms with Crippen LogP contribution in [0.1, 0.15) is 31.8 Å². The molecule has 7 nitrogen and oxygen atoms in total. The molecule has 0 unspecified atom stereocenters. The van der Waals surface area contributed by atoms with Gasteiger partial charge in [0.15, 0.2) is 6.61 Å². The number of benzene rings is 3. The highest BCUT2D eigenvalue weighted by Crippen LogP contribution is 2.22. The van der Waals surface area contributed by atoms with Crippen LogP contribution in [-0.2, 0) is 9.53 Å². The van der Waals surface area contributed by atoms with Gasteiger partial charge in [0.2, 0.25) is 0 Å². The fourth-order valence-corrected chi connectivity index (χ4v) is 3.14. The first kappa shape index (κ1) is 22.6. The van der Waals surface area contributed by atoms with Crippen LogP contribution < -0.4 is 15.4 Å². The van der Waals surface area contributed by atoms with E-state index in [0.29, 0.717) is 22.7 Å². The summed E-state index contributed by atoms with van der Waals surface area (Å²) in [6.45, 7) is 3.72. The van der Waals surface area contributed by atoms with Gasteiger partial charge < -0.3 is 20.1 Å². The molecule has 0 bridgehead atoms. The molecule has 164 valence electrons. The van der Waals surface area contributed by atoms with Crippen LogP contribution >= 0.6 is 0 Å². The highest BCUT2D eigenvalue weighted by Gasteiger charge is 2.14. The number of carbonyl (C=O) groups is 3. The molecule has 0 heterocycles. The van der Waals surface area contributed by atoms with E-state index in [9.17, 15) is 14.4 Å². The highest BCUT2D eigenvalue weighted by atomic mass is 16.5. The Hall–Kier alpha value is -4.13. The quantitative estimate of drug-likeness (QED) is 0.541. The first-order valence-corrected chi connectivity index (χ1v) is 9.96. The summed E-state index contributed by atoms with van der Waals surface area (Å²) < 4.78 is 10.4. The predicted octanol–water partition coefficient (Wildman–Crippen LogP) is 4.36. The number of aryl methyl sites for hydroxylation is 2. The zero-order valence-corrected chi connectivity index (χ0v) is 18.1. The zero-order chi connectivity index (χ0) is 23.1. The molecule has 0 saturated carbocycles. The smallest absolute Gasteiger partial charge is 0.339 e. The molecular weight excluding hydrogens is 408 g/mol. The standard InChI is InChI=1S/C25H24N2O5/c1-16-7-6-8-17(2)23(16)32-15-22(28)26-19-13-11-18(12-14-19)24(29)27-21-10-5-4-9-20(21)25(30)31-3/h4-14H,15H2,1-3H3,(H,26,28)(H,27,29). The highest BCUT2D eigenvalue weighted by molar-refractivity contribution is 6.08. The second kappa shape index (κ2) is 10.3. The van der Waals surface area contributed by atoms with Crippen LogP contribution in [0, 0.1) is 13.8 Å². The van der Waals surface area contributed by atoms with Crippen molar-refractivity contribution in [2.75, 3.05) is 24.4 Å². The SMILES string of the molecule is COC(=O)c1ccccc1NC(=O)c1ccc(NC(=O)COc2c(C)cccc2C)cc1. The van der Waals surface area contributed by atoms with Crippen LogP contribution in [0.25, 0.3) is 0 Å². The lowest BCUT2D eigenvalue weighted by molar-refractivity contribution is -0.118. The fraction of sp³-hybridized carbons (Fsp3) is 0.160. The van der Waals surface area contributed by atoms with Gasteiger partial charge in [0.05, 0.1) is 18.4 Å². The number of rotatable bonds is 7. The van der Waals surface area contributed by atoms with Crippen molar-refractivity contribution < 1.29 is 23.9 Å². The number of amides is 2. The summed E-state index contributed by atoms with van der Waals surface area (Å²) in [6.07, 6.45) is 0. The number of hydrogen-bond acceptors (Lipinski definition) is 5. The van der Waals surface area contributed by atoms with Gasteiger partial charge in [0.25, 0.3) is 11.8 Å². The average molecular weight is 432 g/mol. The van der Waals surface area contributed by atoms with Gasteiger partial charge in [-0.15, -0.1) is 0 Å². The van der Waals surface area contributed by atoms with E-state index < -0.39 is 11.9 Å². The summed E-state index contributed by atoms with van der Waals surface area (Å²) in [7, 11) is 1.28. The van der Waals surface area contributed by atoms with Gasteiger partial charge in [-0.1, -0.05) is 30.3 Å². The molecule has 0 aliphatic heterocycles. The van der Waals surface area contributed by atoms with Crippen molar-refractivity contribution in [2.24, 2.45) is 0 Å². The van der Waals surface area contributed by atoms with E-state index >= 15 is 0 Å². The van der Waals surface area contributed by atoms with E-state index in [2.05, 4.69) is 10.6 Å². The van der Waals surface area contributed by atoms with E-state index in [1.54, 1.807) is 48.5 Å². The van der Waals surface area contributed by atoms with Crippen molar-refractivity contribution >= 4 is 29.2 Å². The summed E-state index contributed by atoms with van der Waals surface area (Å²) >= 11 is 0. The second-order valence-electron chi connectivity index (χ2n) is 7.13. The number of hydrogen-bond donors (Lipinski definition) is 2. The van der Waals surface area contributed by atoms with Gasteiger partial charge in [0, 0.05) is 11.3 Å². The molecule has 0 atom stereocenters. The molecule has 2 amide bonds. The topological polar surface area (TPSA) is 93.7 Å². The summed E-state index contributed by atoms with van der Waals surface area (Å²) in [4.78, 5) is 36.7. The van der Waals surface area contributed by atoms with Crippen molar-refractivity contribution in [2.45, 2.75) is 13.8 Å². The van der Waals surface area contributed by atoms with Gasteiger partial charge in [-0.25, -0.2) is 4.79 Å². The molecule has 0 aliphatic rings. The summed E-state index contributed by atoms with van der Waals surface area (Å²) in [5.74, 6) is -0.543. The lowest BCUT2D eigenvalue weighted by Gasteiger charge is -2.12. The van der Waals surface area contributed by atoms with Crippen molar-refractivity contribution in [1.29, 1.82) is 0 Å². The van der Waals surface area contributed by atoms with Crippen molar-refractivity contribution in [3.05, 3.63) is 89.0 Å². The first-order chi connectivity index (χ1) is 15.4. The molecule has 0 aromatic heterocycles. The zero-order valence-electron chi connectivity index (χ0n) is 18.1. The number of nitrogens with one attached hydrogen (secondary N) is 2. The molecular formula is C25H24N2O5. The Morgan fingerprint density at radius 3 is 2.12 bits per heavy atom. The van der Waals surface area contributed by atoms with Crippen molar-refractivity contribution in [3.63, 3.8) is 0 Å². The summed E-state index contributed by atoms with van der Waals surface area (Å²) in [5.41, 5.74) is 3.44. The molecule has 0 radical (unpaired) electrons. The average Bonchev–Trinajstić information content (AvgIpc) is 2.79. The van der Waals surface area contributed by atoms with Crippen LogP contribution in [0.15, 0.2) is 66.7 Å². The largest absolute Gasteiger partial charge is 0.483 e. The van der Waals surface area contributed by atoms with Crippen molar-refractivity contribution in [3.8, 4) is 5.75 Å². The minimum absolute atomic E-state index is 0.127. The maximum Gasteiger partial charge on any atom is 0.339 e. The van der Waals surface area contributed by atoms with Gasteiger partial charge in [-0.05, 0) is 61.4 Å². The Morgan fingerprint density at radius 1 is 0.812 bits per heavy atom. The van der Waals surface area contributed by atoms with Crippen LogP contribution in [0.3, 0.4) is 0 Å². The number of esters is 1. The lowest BCUT2D eigenvalue weighted by Crippen LogP contribution is -2.21. The van der Waals surface area contributed by atoms with E-state index in [-0.39, 0.29) is 18.1 Å². The summed E-state index contributed by atoms with van der Waals surface area (Å²) in [6, 6.07) is 18.8.